The summed E-state index contributed by atoms with van der Waals surface area (Å²) in [4.78, 5) is 35.9. The Labute approximate surface area is 179 Å². The van der Waals surface area contributed by atoms with E-state index in [0.717, 1.165) is 11.1 Å². The molecular formula is C24H21N3O4. The Balaban J connectivity index is 1.51. The van der Waals surface area contributed by atoms with Crippen LogP contribution in [0.1, 0.15) is 27.0 Å². The van der Waals surface area contributed by atoms with Gasteiger partial charge in [-0.05, 0) is 73.5 Å². The average Bonchev–Trinajstić information content (AvgIpc) is 2.75. The van der Waals surface area contributed by atoms with Crippen LogP contribution in [-0.2, 0) is 9.59 Å². The number of rotatable bonds is 5. The fourth-order valence-electron chi connectivity index (χ4n) is 2.69. The lowest BCUT2D eigenvalue weighted by Crippen LogP contribution is -2.32. The highest BCUT2D eigenvalue weighted by Crippen LogP contribution is 2.14. The van der Waals surface area contributed by atoms with E-state index in [0.29, 0.717) is 22.6 Å². The van der Waals surface area contributed by atoms with Crippen molar-refractivity contribution in [2.45, 2.75) is 13.8 Å². The smallest absolute Gasteiger partial charge is 0.343 e. The highest BCUT2D eigenvalue weighted by Gasteiger charge is 2.13. The molecule has 0 saturated carbocycles. The molecule has 0 saturated heterocycles. The number of hydrazone groups is 1. The summed E-state index contributed by atoms with van der Waals surface area (Å²) >= 11 is 0. The minimum absolute atomic E-state index is 0.380. The van der Waals surface area contributed by atoms with Gasteiger partial charge in [-0.25, -0.2) is 10.2 Å². The number of aryl methyl sites for hydroxylation is 2. The van der Waals surface area contributed by atoms with Gasteiger partial charge < -0.3 is 10.1 Å². The standard InChI is InChI=1S/C24H21N3O4/c1-16-5-3-7-19(13-16)24(30)31-21-11-9-18(10-12-21)15-25-27-23(29)22(28)26-20-8-4-6-17(2)14-20/h3-15H,1-2H3,(H,26,28)(H,27,29)/b25-15+. The molecule has 0 aliphatic heterocycles. The van der Waals surface area contributed by atoms with Gasteiger partial charge >= 0.3 is 17.8 Å². The molecule has 0 bridgehead atoms. The van der Waals surface area contributed by atoms with E-state index < -0.39 is 17.8 Å². The van der Waals surface area contributed by atoms with Gasteiger partial charge in [0.1, 0.15) is 5.75 Å². The summed E-state index contributed by atoms with van der Waals surface area (Å²) in [5, 5.41) is 6.28. The number of anilines is 1. The van der Waals surface area contributed by atoms with Crippen molar-refractivity contribution >= 4 is 29.7 Å². The largest absolute Gasteiger partial charge is 0.423 e. The Morgan fingerprint density at radius 1 is 0.839 bits per heavy atom. The molecule has 0 spiro atoms. The van der Waals surface area contributed by atoms with E-state index in [9.17, 15) is 14.4 Å². The molecular weight excluding hydrogens is 394 g/mol. The van der Waals surface area contributed by atoms with Crippen LogP contribution >= 0.6 is 0 Å². The summed E-state index contributed by atoms with van der Waals surface area (Å²) in [6.45, 7) is 3.78. The number of hydrogen-bond donors (Lipinski definition) is 2. The molecule has 7 heteroatoms. The number of esters is 1. The molecule has 0 radical (unpaired) electrons. The third-order valence-corrected chi connectivity index (χ3v) is 4.21. The minimum Gasteiger partial charge on any atom is -0.423 e. The van der Waals surface area contributed by atoms with Crippen LogP contribution in [0, 0.1) is 13.8 Å². The van der Waals surface area contributed by atoms with Gasteiger partial charge in [0.15, 0.2) is 0 Å². The fourth-order valence-corrected chi connectivity index (χ4v) is 2.69. The van der Waals surface area contributed by atoms with Gasteiger partial charge in [0.2, 0.25) is 0 Å². The topological polar surface area (TPSA) is 96.9 Å². The third kappa shape index (κ3) is 6.37. The van der Waals surface area contributed by atoms with Crippen molar-refractivity contribution in [2.75, 3.05) is 5.32 Å². The SMILES string of the molecule is Cc1cccc(NC(=O)C(=O)N/N=C/c2ccc(OC(=O)c3cccc(C)c3)cc2)c1. The number of nitrogens with one attached hydrogen (secondary N) is 2. The van der Waals surface area contributed by atoms with E-state index in [-0.39, 0.29) is 0 Å². The van der Waals surface area contributed by atoms with Crippen molar-refractivity contribution in [1.82, 2.24) is 5.43 Å². The zero-order valence-electron chi connectivity index (χ0n) is 17.1. The summed E-state index contributed by atoms with van der Waals surface area (Å²) in [7, 11) is 0. The summed E-state index contributed by atoms with van der Waals surface area (Å²) in [5.74, 6) is -1.77. The first-order valence-corrected chi connectivity index (χ1v) is 9.51. The predicted molar refractivity (Wildman–Crippen MR) is 118 cm³/mol. The van der Waals surface area contributed by atoms with Gasteiger partial charge in [-0.2, -0.15) is 5.10 Å². The van der Waals surface area contributed by atoms with Gasteiger partial charge in [0, 0.05) is 5.69 Å². The molecule has 0 aliphatic carbocycles. The van der Waals surface area contributed by atoms with Gasteiger partial charge in [0.05, 0.1) is 11.8 Å². The van der Waals surface area contributed by atoms with E-state index in [1.54, 1.807) is 60.7 Å². The van der Waals surface area contributed by atoms with Crippen LogP contribution in [0.4, 0.5) is 5.69 Å². The molecule has 3 aromatic carbocycles. The molecule has 0 unspecified atom stereocenters. The molecule has 0 aliphatic rings. The Morgan fingerprint density at radius 3 is 2.19 bits per heavy atom. The molecule has 156 valence electrons. The molecule has 3 rings (SSSR count). The first-order chi connectivity index (χ1) is 14.9. The number of nitrogens with zero attached hydrogens (tertiary/aromatic N) is 1. The van der Waals surface area contributed by atoms with E-state index in [2.05, 4.69) is 15.8 Å². The molecule has 0 fully saturated rings. The molecule has 7 nitrogen and oxygen atoms in total. The highest BCUT2D eigenvalue weighted by atomic mass is 16.5. The van der Waals surface area contributed by atoms with Crippen LogP contribution < -0.4 is 15.5 Å². The van der Waals surface area contributed by atoms with Gasteiger partial charge in [-0.1, -0.05) is 29.8 Å². The van der Waals surface area contributed by atoms with Gasteiger partial charge in [-0.3, -0.25) is 9.59 Å². The molecule has 3 aromatic rings. The second kappa shape index (κ2) is 9.98. The lowest BCUT2D eigenvalue weighted by molar-refractivity contribution is -0.136. The number of amides is 2. The van der Waals surface area contributed by atoms with Crippen molar-refractivity contribution in [2.24, 2.45) is 5.10 Å². The van der Waals surface area contributed by atoms with Crippen molar-refractivity contribution in [3.8, 4) is 5.75 Å². The number of hydrogen-bond acceptors (Lipinski definition) is 5. The molecule has 2 amide bonds. The van der Waals surface area contributed by atoms with Crippen molar-refractivity contribution < 1.29 is 19.1 Å². The van der Waals surface area contributed by atoms with Crippen LogP contribution in [-0.4, -0.2) is 24.0 Å². The number of ether oxygens (including phenoxy) is 1. The zero-order chi connectivity index (χ0) is 22.2. The molecule has 0 heterocycles. The Kier molecular flexibility index (Phi) is 6.90. The monoisotopic (exact) mass is 415 g/mol. The maximum atomic E-state index is 12.2. The second-order valence-electron chi connectivity index (χ2n) is 6.85. The summed E-state index contributed by atoms with van der Waals surface area (Å²) < 4.78 is 5.34. The normalized spacial score (nSPS) is 10.5. The number of carbonyl (C=O) groups excluding carboxylic acids is 3. The predicted octanol–water partition coefficient (Wildman–Crippen LogP) is 3.61. The second-order valence-corrected chi connectivity index (χ2v) is 6.85. The Hall–Kier alpha value is -4.26. The maximum absolute atomic E-state index is 12.2. The van der Waals surface area contributed by atoms with E-state index in [4.69, 9.17) is 4.74 Å². The van der Waals surface area contributed by atoms with Gasteiger partial charge in [0.25, 0.3) is 0 Å². The number of carbonyl (C=O) groups is 3. The molecule has 2 N–H and O–H groups in total. The summed E-state index contributed by atoms with van der Waals surface area (Å²) in [6, 6.07) is 20.8. The quantitative estimate of drug-likeness (QED) is 0.219. The fraction of sp³-hybridized carbons (Fsp3) is 0.0833. The van der Waals surface area contributed by atoms with Crippen LogP contribution in [0.5, 0.6) is 5.75 Å². The molecule has 0 atom stereocenters. The van der Waals surface area contributed by atoms with Crippen molar-refractivity contribution in [3.63, 3.8) is 0 Å². The first-order valence-electron chi connectivity index (χ1n) is 9.51. The van der Waals surface area contributed by atoms with Gasteiger partial charge in [-0.15, -0.1) is 0 Å². The molecule has 0 aromatic heterocycles. The maximum Gasteiger partial charge on any atom is 0.343 e. The Morgan fingerprint density at radius 2 is 1.52 bits per heavy atom. The third-order valence-electron chi connectivity index (χ3n) is 4.21. The molecule has 31 heavy (non-hydrogen) atoms. The van der Waals surface area contributed by atoms with Crippen molar-refractivity contribution in [3.05, 3.63) is 95.1 Å². The first kappa shape index (κ1) is 21.4. The van der Waals surface area contributed by atoms with Crippen LogP contribution in [0.15, 0.2) is 77.9 Å². The van der Waals surface area contributed by atoms with E-state index >= 15 is 0 Å². The average molecular weight is 415 g/mol. The lowest BCUT2D eigenvalue weighted by Gasteiger charge is -2.05. The lowest BCUT2D eigenvalue weighted by atomic mass is 10.1. The number of benzene rings is 3. The summed E-state index contributed by atoms with van der Waals surface area (Å²) in [5.41, 5.74) is 5.75. The van der Waals surface area contributed by atoms with Crippen LogP contribution in [0.2, 0.25) is 0 Å². The van der Waals surface area contributed by atoms with E-state index in [1.807, 2.05) is 26.0 Å². The van der Waals surface area contributed by atoms with Crippen LogP contribution in [0.25, 0.3) is 0 Å². The van der Waals surface area contributed by atoms with E-state index in [1.165, 1.54) is 6.21 Å². The summed E-state index contributed by atoms with van der Waals surface area (Å²) in [6.07, 6.45) is 1.38. The van der Waals surface area contributed by atoms with Crippen molar-refractivity contribution in [1.29, 1.82) is 0 Å². The Bertz CT molecular complexity index is 1140. The minimum atomic E-state index is -0.888. The van der Waals surface area contributed by atoms with Crippen LogP contribution in [0.3, 0.4) is 0 Å². The zero-order valence-corrected chi connectivity index (χ0v) is 17.1. The highest BCUT2D eigenvalue weighted by molar-refractivity contribution is 6.39.